The van der Waals surface area contributed by atoms with E-state index in [2.05, 4.69) is 10.3 Å². The van der Waals surface area contributed by atoms with Gasteiger partial charge < -0.3 is 15.0 Å². The lowest BCUT2D eigenvalue weighted by molar-refractivity contribution is 0.0939. The van der Waals surface area contributed by atoms with Gasteiger partial charge in [-0.15, -0.1) is 0 Å². The summed E-state index contributed by atoms with van der Waals surface area (Å²) in [6.45, 7) is 2.89. The average molecular weight is 440 g/mol. The number of fused-ring (bicyclic) bond motifs is 1. The zero-order valence-electron chi connectivity index (χ0n) is 17.2. The third-order valence-corrected chi connectivity index (χ3v) is 6.06. The van der Waals surface area contributed by atoms with Crippen molar-refractivity contribution in [3.8, 4) is 5.75 Å². The molecule has 4 rings (SSSR count). The molecule has 1 aliphatic rings. The molecule has 160 valence electrons. The van der Waals surface area contributed by atoms with Crippen LogP contribution in [0.3, 0.4) is 0 Å². The van der Waals surface area contributed by atoms with Gasteiger partial charge in [0.15, 0.2) is 11.6 Å². The second-order valence-electron chi connectivity index (χ2n) is 7.24. The van der Waals surface area contributed by atoms with Crippen LogP contribution in [0.25, 0.3) is 0 Å². The molecular weight excluding hydrogens is 417 g/mol. The number of hydrogen-bond donors (Lipinski definition) is 1. The van der Waals surface area contributed by atoms with Crippen molar-refractivity contribution in [1.29, 1.82) is 0 Å². The minimum atomic E-state index is -1.04. The van der Waals surface area contributed by atoms with Crippen LogP contribution in [0.5, 0.6) is 5.75 Å². The van der Waals surface area contributed by atoms with E-state index in [-0.39, 0.29) is 17.8 Å². The van der Waals surface area contributed by atoms with Crippen LogP contribution in [0.2, 0.25) is 0 Å². The van der Waals surface area contributed by atoms with Gasteiger partial charge in [-0.3, -0.25) is 9.00 Å². The third-order valence-electron chi connectivity index (χ3n) is 5.12. The maximum Gasteiger partial charge on any atom is 0.253 e. The highest BCUT2D eigenvalue weighted by Crippen LogP contribution is 2.35. The second kappa shape index (κ2) is 8.85. The number of pyridine rings is 1. The lowest BCUT2D eigenvalue weighted by Crippen LogP contribution is -2.31. The van der Waals surface area contributed by atoms with Gasteiger partial charge in [0.2, 0.25) is 0 Å². The highest BCUT2D eigenvalue weighted by Gasteiger charge is 2.23. The molecule has 0 spiro atoms. The normalized spacial score (nSPS) is 14.9. The number of halogens is 1. The molecule has 0 fully saturated rings. The maximum atomic E-state index is 13.3. The first kappa shape index (κ1) is 21.0. The van der Waals surface area contributed by atoms with Crippen LogP contribution in [0.15, 0.2) is 65.7 Å². The number of carbonyl (C=O) groups is 1. The number of aromatic nitrogens is 1. The van der Waals surface area contributed by atoms with Crippen molar-refractivity contribution in [1.82, 2.24) is 10.3 Å². The van der Waals surface area contributed by atoms with E-state index < -0.39 is 10.8 Å². The summed E-state index contributed by atoms with van der Waals surface area (Å²) < 4.78 is 30.5. The molecule has 1 aliphatic heterocycles. The Morgan fingerprint density at radius 3 is 2.58 bits per heavy atom. The summed E-state index contributed by atoms with van der Waals surface area (Å²) in [6.07, 6.45) is 3.14. The quantitative estimate of drug-likeness (QED) is 0.651. The first-order valence-electron chi connectivity index (χ1n) is 9.82. The van der Waals surface area contributed by atoms with Crippen molar-refractivity contribution in [2.75, 3.05) is 24.3 Å². The van der Waals surface area contributed by atoms with E-state index in [1.54, 1.807) is 36.6 Å². The van der Waals surface area contributed by atoms with Crippen LogP contribution in [-0.2, 0) is 10.8 Å². The van der Waals surface area contributed by atoms with E-state index >= 15 is 0 Å². The van der Waals surface area contributed by atoms with Crippen molar-refractivity contribution in [2.45, 2.75) is 17.9 Å². The molecule has 2 unspecified atom stereocenters. The van der Waals surface area contributed by atoms with Crippen LogP contribution in [0.4, 0.5) is 15.9 Å². The van der Waals surface area contributed by atoms with Gasteiger partial charge in [0.25, 0.3) is 5.91 Å². The van der Waals surface area contributed by atoms with Crippen molar-refractivity contribution >= 4 is 28.2 Å². The van der Waals surface area contributed by atoms with Gasteiger partial charge in [-0.05, 0) is 55.0 Å². The molecule has 0 saturated heterocycles. The van der Waals surface area contributed by atoms with E-state index in [9.17, 15) is 13.4 Å². The smallest absolute Gasteiger partial charge is 0.253 e. The lowest BCUT2D eigenvalue weighted by atomic mass is 10.1. The number of amides is 1. The molecule has 8 heteroatoms. The summed E-state index contributed by atoms with van der Waals surface area (Å²) in [4.78, 5) is 19.9. The van der Waals surface area contributed by atoms with E-state index in [0.717, 1.165) is 16.1 Å². The largest absolute Gasteiger partial charge is 0.488 e. The molecule has 2 atom stereocenters. The number of carbonyl (C=O) groups excluding carboxylic acids is 1. The SMILES string of the molecule is CC(NC(=O)c1cnc2c(c1)OCCN2c1ccc(F)cc1)c1ccc(S(C)=O)cc1. The molecule has 2 aromatic carbocycles. The highest BCUT2D eigenvalue weighted by atomic mass is 32.2. The molecule has 1 amide bonds. The van der Waals surface area contributed by atoms with E-state index in [1.165, 1.54) is 18.3 Å². The monoisotopic (exact) mass is 439 g/mol. The van der Waals surface area contributed by atoms with Crippen molar-refractivity contribution in [3.05, 3.63) is 77.7 Å². The summed E-state index contributed by atoms with van der Waals surface area (Å²) in [5, 5.41) is 2.95. The Morgan fingerprint density at radius 2 is 1.90 bits per heavy atom. The van der Waals surface area contributed by atoms with Gasteiger partial charge in [0.05, 0.1) is 18.2 Å². The van der Waals surface area contributed by atoms with Crippen molar-refractivity contribution in [2.24, 2.45) is 0 Å². The van der Waals surface area contributed by atoms with Gasteiger partial charge in [-0.25, -0.2) is 9.37 Å². The molecule has 3 aromatic rings. The standard InChI is InChI=1S/C23H22FN3O3S/c1-15(16-3-9-20(10-4-16)31(2)29)26-23(28)17-13-21-22(25-14-17)27(11-12-30-21)19-7-5-18(24)6-8-19/h3-10,13-15H,11-12H2,1-2H3,(H,26,28). The van der Waals surface area contributed by atoms with Crippen LogP contribution in [-0.4, -0.2) is 34.5 Å². The van der Waals surface area contributed by atoms with Crippen LogP contribution in [0.1, 0.15) is 28.9 Å². The highest BCUT2D eigenvalue weighted by molar-refractivity contribution is 7.84. The van der Waals surface area contributed by atoms with Crippen LogP contribution >= 0.6 is 0 Å². The topological polar surface area (TPSA) is 71.5 Å². The second-order valence-corrected chi connectivity index (χ2v) is 8.62. The van der Waals surface area contributed by atoms with Crippen LogP contribution in [0, 0.1) is 5.82 Å². The molecule has 31 heavy (non-hydrogen) atoms. The summed E-state index contributed by atoms with van der Waals surface area (Å²) in [5.74, 6) is 0.522. The fourth-order valence-corrected chi connectivity index (χ4v) is 3.93. The average Bonchev–Trinajstić information content (AvgIpc) is 2.79. The van der Waals surface area contributed by atoms with Crippen molar-refractivity contribution < 1.29 is 18.1 Å². The zero-order chi connectivity index (χ0) is 22.0. The lowest BCUT2D eigenvalue weighted by Gasteiger charge is -2.30. The van der Waals surface area contributed by atoms with Gasteiger partial charge >= 0.3 is 0 Å². The maximum absolute atomic E-state index is 13.3. The Balaban J connectivity index is 1.50. The van der Waals surface area contributed by atoms with Crippen LogP contribution < -0.4 is 15.0 Å². The van der Waals surface area contributed by atoms with Gasteiger partial charge in [0.1, 0.15) is 12.4 Å². The molecular formula is C23H22FN3O3S. The predicted molar refractivity (Wildman–Crippen MR) is 118 cm³/mol. The number of benzene rings is 2. The van der Waals surface area contributed by atoms with Gasteiger partial charge in [0, 0.05) is 33.8 Å². The molecule has 1 aromatic heterocycles. The molecule has 0 radical (unpaired) electrons. The van der Waals surface area contributed by atoms with Gasteiger partial charge in [-0.1, -0.05) is 12.1 Å². The molecule has 0 bridgehead atoms. The number of nitrogens with zero attached hydrogens (tertiary/aromatic N) is 2. The summed E-state index contributed by atoms with van der Waals surface area (Å²) >= 11 is 0. The van der Waals surface area contributed by atoms with Gasteiger partial charge in [-0.2, -0.15) is 0 Å². The van der Waals surface area contributed by atoms with E-state index in [4.69, 9.17) is 4.74 Å². The number of rotatable bonds is 5. The molecule has 0 saturated carbocycles. The Labute approximate surface area is 182 Å². The summed E-state index contributed by atoms with van der Waals surface area (Å²) in [6, 6.07) is 14.9. The Kier molecular flexibility index (Phi) is 5.99. The number of hydrogen-bond acceptors (Lipinski definition) is 5. The summed E-state index contributed by atoms with van der Waals surface area (Å²) in [7, 11) is -1.04. The fourth-order valence-electron chi connectivity index (χ4n) is 3.41. The Morgan fingerprint density at radius 1 is 1.19 bits per heavy atom. The summed E-state index contributed by atoms with van der Waals surface area (Å²) in [5.41, 5.74) is 2.10. The molecule has 0 aliphatic carbocycles. The van der Waals surface area contributed by atoms with E-state index in [0.29, 0.717) is 30.3 Å². The Hall–Kier alpha value is -3.26. The first-order valence-corrected chi connectivity index (χ1v) is 11.4. The molecule has 6 nitrogen and oxygen atoms in total. The number of anilines is 2. The Bertz CT molecular complexity index is 1120. The minimum Gasteiger partial charge on any atom is -0.488 e. The van der Waals surface area contributed by atoms with Crippen molar-refractivity contribution in [3.63, 3.8) is 0 Å². The number of nitrogens with one attached hydrogen (secondary N) is 1. The van der Waals surface area contributed by atoms with E-state index in [1.807, 2.05) is 24.0 Å². The minimum absolute atomic E-state index is 0.237. The number of ether oxygens (including phenoxy) is 1. The zero-order valence-corrected chi connectivity index (χ0v) is 18.0. The predicted octanol–water partition coefficient (Wildman–Crippen LogP) is 3.98. The third kappa shape index (κ3) is 4.59. The fraction of sp³-hybridized carbons (Fsp3) is 0.217. The molecule has 1 N–H and O–H groups in total. The molecule has 2 heterocycles. The first-order chi connectivity index (χ1) is 14.9.